The summed E-state index contributed by atoms with van der Waals surface area (Å²) < 4.78 is 13.5. The smallest absolute Gasteiger partial charge is 0.128 e. The number of fused-ring (bicyclic) bond motifs is 1. The van der Waals surface area contributed by atoms with Crippen molar-refractivity contribution in [3.05, 3.63) is 40.3 Å². The molecule has 2 aromatic rings. The fraction of sp³-hybridized carbons (Fsp3) is 0.357. The second kappa shape index (κ2) is 3.95. The highest BCUT2D eigenvalue weighted by molar-refractivity contribution is 6.35. The van der Waals surface area contributed by atoms with Gasteiger partial charge in [0.15, 0.2) is 0 Å². The molecule has 1 heterocycles. The first-order valence-corrected chi connectivity index (χ1v) is 5.94. The fourth-order valence-corrected chi connectivity index (χ4v) is 2.00. The van der Waals surface area contributed by atoms with E-state index in [0.717, 1.165) is 11.1 Å². The fourth-order valence-electron chi connectivity index (χ4n) is 1.75. The van der Waals surface area contributed by atoms with Gasteiger partial charge in [-0.2, -0.15) is 0 Å². The molecule has 0 unspecified atom stereocenters. The molecule has 0 atom stereocenters. The van der Waals surface area contributed by atoms with Crippen molar-refractivity contribution in [1.29, 1.82) is 0 Å². The van der Waals surface area contributed by atoms with Crippen LogP contribution >= 0.6 is 11.6 Å². The molecule has 0 aliphatic carbocycles. The van der Waals surface area contributed by atoms with E-state index in [9.17, 15) is 4.39 Å². The quantitative estimate of drug-likeness (QED) is 0.665. The molecule has 1 nitrogen and oxygen atoms in total. The van der Waals surface area contributed by atoms with Crippen molar-refractivity contribution in [2.45, 2.75) is 33.1 Å². The third kappa shape index (κ3) is 2.14. The Bertz CT molecular complexity index is 585. The lowest BCUT2D eigenvalue weighted by molar-refractivity contribution is 0.571. The van der Waals surface area contributed by atoms with E-state index in [4.69, 9.17) is 11.6 Å². The van der Waals surface area contributed by atoms with Crippen molar-refractivity contribution in [2.24, 2.45) is 0 Å². The Hall–Kier alpha value is -1.15. The third-order valence-corrected chi connectivity index (χ3v) is 3.20. The standard InChI is InChI=1S/C14H15ClFN/c1-8-11(16)6-5-9-10(15)7-12(14(2,3)4)17-13(8)9/h5-7H,1-4H3. The summed E-state index contributed by atoms with van der Waals surface area (Å²) in [6.45, 7) is 7.91. The van der Waals surface area contributed by atoms with E-state index in [1.54, 1.807) is 13.0 Å². The highest BCUT2D eigenvalue weighted by atomic mass is 35.5. The summed E-state index contributed by atoms with van der Waals surface area (Å²) in [5.74, 6) is -0.243. The highest BCUT2D eigenvalue weighted by Gasteiger charge is 2.18. The molecular formula is C14H15ClFN. The zero-order valence-corrected chi connectivity index (χ0v) is 11.2. The van der Waals surface area contributed by atoms with Crippen LogP contribution < -0.4 is 0 Å². The largest absolute Gasteiger partial charge is 0.252 e. The second-order valence-electron chi connectivity index (χ2n) is 5.31. The molecule has 1 aromatic carbocycles. The van der Waals surface area contributed by atoms with Crippen molar-refractivity contribution in [3.8, 4) is 0 Å². The van der Waals surface area contributed by atoms with Gasteiger partial charge in [0.2, 0.25) is 0 Å². The molecule has 17 heavy (non-hydrogen) atoms. The monoisotopic (exact) mass is 251 g/mol. The molecule has 0 fully saturated rings. The van der Waals surface area contributed by atoms with Crippen molar-refractivity contribution in [2.75, 3.05) is 0 Å². The number of hydrogen-bond acceptors (Lipinski definition) is 1. The second-order valence-corrected chi connectivity index (χ2v) is 5.72. The lowest BCUT2D eigenvalue weighted by Gasteiger charge is -2.19. The van der Waals surface area contributed by atoms with Gasteiger partial charge >= 0.3 is 0 Å². The minimum Gasteiger partial charge on any atom is -0.252 e. The minimum atomic E-state index is -0.243. The number of aryl methyl sites for hydroxylation is 1. The molecule has 2 rings (SSSR count). The van der Waals surface area contributed by atoms with E-state index in [1.807, 2.05) is 6.07 Å². The summed E-state index contributed by atoms with van der Waals surface area (Å²) in [5.41, 5.74) is 1.98. The normalized spacial score (nSPS) is 12.1. The summed E-state index contributed by atoms with van der Waals surface area (Å²) in [7, 11) is 0. The van der Waals surface area contributed by atoms with Gasteiger partial charge in [-0.05, 0) is 25.1 Å². The molecular weight excluding hydrogens is 237 g/mol. The molecule has 0 N–H and O–H groups in total. The number of aromatic nitrogens is 1. The summed E-state index contributed by atoms with van der Waals surface area (Å²) in [4.78, 5) is 4.54. The van der Waals surface area contributed by atoms with Gasteiger partial charge in [0.1, 0.15) is 5.82 Å². The van der Waals surface area contributed by atoms with Gasteiger partial charge < -0.3 is 0 Å². The summed E-state index contributed by atoms with van der Waals surface area (Å²) in [5, 5.41) is 1.43. The molecule has 90 valence electrons. The van der Waals surface area contributed by atoms with Gasteiger partial charge in [-0.25, -0.2) is 4.39 Å². The summed E-state index contributed by atoms with van der Waals surface area (Å²) in [6, 6.07) is 4.97. The maximum atomic E-state index is 13.5. The van der Waals surface area contributed by atoms with E-state index < -0.39 is 0 Å². The van der Waals surface area contributed by atoms with E-state index in [2.05, 4.69) is 25.8 Å². The first-order valence-electron chi connectivity index (χ1n) is 5.56. The first-order chi connectivity index (χ1) is 7.80. The summed E-state index contributed by atoms with van der Waals surface area (Å²) in [6.07, 6.45) is 0. The Kier molecular flexibility index (Phi) is 2.86. The van der Waals surface area contributed by atoms with Gasteiger partial charge in [0.05, 0.1) is 10.5 Å². The van der Waals surface area contributed by atoms with E-state index in [0.29, 0.717) is 16.1 Å². The van der Waals surface area contributed by atoms with Crippen LogP contribution in [0, 0.1) is 12.7 Å². The van der Waals surface area contributed by atoms with E-state index in [1.165, 1.54) is 6.07 Å². The van der Waals surface area contributed by atoms with E-state index >= 15 is 0 Å². The molecule has 0 radical (unpaired) electrons. The van der Waals surface area contributed by atoms with Gasteiger partial charge in [0, 0.05) is 22.1 Å². The Morgan fingerprint density at radius 1 is 1.24 bits per heavy atom. The van der Waals surface area contributed by atoms with Gasteiger partial charge in [-0.3, -0.25) is 4.98 Å². The number of rotatable bonds is 0. The van der Waals surface area contributed by atoms with Crippen molar-refractivity contribution in [1.82, 2.24) is 4.98 Å². The third-order valence-electron chi connectivity index (χ3n) is 2.89. The molecule has 0 bridgehead atoms. The average Bonchev–Trinajstić information content (AvgIpc) is 2.22. The molecule has 0 aliphatic heterocycles. The number of nitrogens with zero attached hydrogens (tertiary/aromatic N) is 1. The Labute approximate surface area is 106 Å². The van der Waals surface area contributed by atoms with Crippen LogP contribution in [0.4, 0.5) is 4.39 Å². The summed E-state index contributed by atoms with van der Waals surface area (Å²) >= 11 is 6.23. The van der Waals surface area contributed by atoms with Crippen LogP contribution in [-0.2, 0) is 5.41 Å². The lowest BCUT2D eigenvalue weighted by atomic mass is 9.91. The molecule has 0 aliphatic rings. The predicted octanol–water partition coefficient (Wildman–Crippen LogP) is 4.63. The van der Waals surface area contributed by atoms with Crippen LogP contribution in [-0.4, -0.2) is 4.98 Å². The van der Waals surface area contributed by atoms with Crippen LogP contribution in [0.3, 0.4) is 0 Å². The van der Waals surface area contributed by atoms with Gasteiger partial charge in [0.25, 0.3) is 0 Å². The van der Waals surface area contributed by atoms with Crippen LogP contribution in [0.2, 0.25) is 5.02 Å². The van der Waals surface area contributed by atoms with Gasteiger partial charge in [-0.15, -0.1) is 0 Å². The SMILES string of the molecule is Cc1c(F)ccc2c(Cl)cc(C(C)(C)C)nc12. The molecule has 0 amide bonds. The zero-order valence-electron chi connectivity index (χ0n) is 10.4. The average molecular weight is 252 g/mol. The topological polar surface area (TPSA) is 12.9 Å². The highest BCUT2D eigenvalue weighted by Crippen LogP contribution is 2.31. The van der Waals surface area contributed by atoms with Crippen molar-refractivity contribution >= 4 is 22.5 Å². The van der Waals surface area contributed by atoms with Crippen molar-refractivity contribution in [3.63, 3.8) is 0 Å². The maximum Gasteiger partial charge on any atom is 0.128 e. The predicted molar refractivity (Wildman–Crippen MR) is 70.1 cm³/mol. The zero-order chi connectivity index (χ0) is 12.8. The van der Waals surface area contributed by atoms with Crippen LogP contribution in [0.1, 0.15) is 32.0 Å². The first kappa shape index (κ1) is 12.3. The molecule has 1 aromatic heterocycles. The number of pyridine rings is 1. The Morgan fingerprint density at radius 3 is 2.47 bits per heavy atom. The van der Waals surface area contributed by atoms with E-state index in [-0.39, 0.29) is 11.2 Å². The number of halogens is 2. The van der Waals surface area contributed by atoms with Gasteiger partial charge in [-0.1, -0.05) is 32.4 Å². The number of hydrogen-bond donors (Lipinski definition) is 0. The Balaban J connectivity index is 2.84. The number of benzene rings is 1. The van der Waals surface area contributed by atoms with Crippen molar-refractivity contribution < 1.29 is 4.39 Å². The van der Waals surface area contributed by atoms with Crippen LogP contribution in [0.5, 0.6) is 0 Å². The Morgan fingerprint density at radius 2 is 1.88 bits per heavy atom. The maximum absolute atomic E-state index is 13.5. The van der Waals surface area contributed by atoms with Crippen LogP contribution in [0.25, 0.3) is 10.9 Å². The molecule has 0 saturated carbocycles. The lowest BCUT2D eigenvalue weighted by Crippen LogP contribution is -2.13. The molecule has 0 spiro atoms. The van der Waals surface area contributed by atoms with Crippen LogP contribution in [0.15, 0.2) is 18.2 Å². The molecule has 0 saturated heterocycles. The molecule has 3 heteroatoms. The minimum absolute atomic E-state index is 0.101.